The van der Waals surface area contributed by atoms with Crippen LogP contribution in [-0.4, -0.2) is 46.9 Å². The second-order valence-corrected chi connectivity index (χ2v) is 8.20. The fourth-order valence-electron chi connectivity index (χ4n) is 2.53. The average molecular weight is 476 g/mol. The number of carbonyl (C=O) groups is 2. The van der Waals surface area contributed by atoms with Crippen molar-refractivity contribution in [1.82, 2.24) is 10.2 Å². The highest BCUT2D eigenvalue weighted by Crippen LogP contribution is 2.30. The molecule has 0 bridgehead atoms. The number of amides is 2. The van der Waals surface area contributed by atoms with Crippen molar-refractivity contribution in [2.75, 3.05) is 30.6 Å². The van der Waals surface area contributed by atoms with Crippen LogP contribution in [0.5, 0.6) is 11.5 Å². The number of nitrogens with one attached hydrogen (secondary N) is 2. The third-order valence-electron chi connectivity index (χ3n) is 3.98. The van der Waals surface area contributed by atoms with Crippen molar-refractivity contribution in [1.29, 1.82) is 0 Å². The minimum Gasteiger partial charge on any atom is -0.497 e. The second-order valence-electron chi connectivity index (χ2n) is 6.00. The van der Waals surface area contributed by atoms with Gasteiger partial charge in [0.1, 0.15) is 17.1 Å². The molecule has 0 saturated heterocycles. The number of thioether (sulfide) groups is 1. The first kappa shape index (κ1) is 23.0. The first-order valence-corrected chi connectivity index (χ1v) is 10.7. The number of aromatic nitrogens is 2. The Morgan fingerprint density at radius 3 is 2.62 bits per heavy atom. The summed E-state index contributed by atoms with van der Waals surface area (Å²) in [5, 5.41) is 24.2. The molecule has 0 aliphatic carbocycles. The Morgan fingerprint density at radius 2 is 1.91 bits per heavy atom. The van der Waals surface area contributed by atoms with Gasteiger partial charge in [0.15, 0.2) is 4.34 Å². The van der Waals surface area contributed by atoms with Crippen LogP contribution < -0.4 is 20.1 Å². The van der Waals surface area contributed by atoms with Crippen LogP contribution in [0.25, 0.3) is 0 Å². The number of ether oxygens (including phenoxy) is 2. The van der Waals surface area contributed by atoms with Gasteiger partial charge in [0.25, 0.3) is 11.6 Å². The lowest BCUT2D eigenvalue weighted by molar-refractivity contribution is -0.385. The highest BCUT2D eigenvalue weighted by atomic mass is 32.2. The largest absolute Gasteiger partial charge is 0.497 e. The minimum atomic E-state index is -0.673. The Bertz CT molecular complexity index is 1150. The lowest BCUT2D eigenvalue weighted by atomic mass is 10.1. The number of nitrogens with zero attached hydrogens (tertiary/aromatic N) is 3. The van der Waals surface area contributed by atoms with Gasteiger partial charge in [-0.15, -0.1) is 10.2 Å². The summed E-state index contributed by atoms with van der Waals surface area (Å²) < 4.78 is 10.8. The third-order valence-corrected chi connectivity index (χ3v) is 5.95. The van der Waals surface area contributed by atoms with E-state index in [1.54, 1.807) is 18.2 Å². The van der Waals surface area contributed by atoms with Crippen LogP contribution in [0.1, 0.15) is 10.4 Å². The molecule has 2 aromatic carbocycles. The minimum absolute atomic E-state index is 0.0348. The quantitative estimate of drug-likeness (QED) is 0.206. The van der Waals surface area contributed by atoms with Gasteiger partial charge in [-0.05, 0) is 18.2 Å². The second kappa shape index (κ2) is 10.5. The molecule has 13 heteroatoms. The molecule has 0 atom stereocenters. The number of hydrogen-bond donors (Lipinski definition) is 2. The van der Waals surface area contributed by atoms with Gasteiger partial charge in [0.05, 0.1) is 30.6 Å². The summed E-state index contributed by atoms with van der Waals surface area (Å²) in [7, 11) is 3.01. The monoisotopic (exact) mass is 475 g/mol. The van der Waals surface area contributed by atoms with E-state index in [1.807, 2.05) is 0 Å². The van der Waals surface area contributed by atoms with E-state index >= 15 is 0 Å². The SMILES string of the molecule is COc1ccc(OC)c(NC(=O)CSc2nnc(NC(=O)c3ccccc3[N+](=O)[O-])s2)c1. The topological polar surface area (TPSA) is 146 Å². The molecule has 0 unspecified atom stereocenters. The molecule has 2 N–H and O–H groups in total. The van der Waals surface area contributed by atoms with E-state index in [2.05, 4.69) is 20.8 Å². The third kappa shape index (κ3) is 5.70. The van der Waals surface area contributed by atoms with Crippen molar-refractivity contribution in [3.05, 3.63) is 58.1 Å². The van der Waals surface area contributed by atoms with E-state index in [1.165, 1.54) is 38.5 Å². The van der Waals surface area contributed by atoms with Crippen molar-refractivity contribution >= 4 is 51.4 Å². The summed E-state index contributed by atoms with van der Waals surface area (Å²) in [5.74, 6) is 0.111. The summed E-state index contributed by atoms with van der Waals surface area (Å²) in [6.45, 7) is 0. The Morgan fingerprint density at radius 1 is 1.12 bits per heavy atom. The van der Waals surface area contributed by atoms with Gasteiger partial charge in [0, 0.05) is 12.1 Å². The lowest BCUT2D eigenvalue weighted by Crippen LogP contribution is -2.14. The zero-order valence-electron chi connectivity index (χ0n) is 16.9. The Labute approximate surface area is 190 Å². The molecule has 32 heavy (non-hydrogen) atoms. The first-order valence-electron chi connectivity index (χ1n) is 8.94. The van der Waals surface area contributed by atoms with Crippen LogP contribution in [0.4, 0.5) is 16.5 Å². The number of hydrogen-bond acceptors (Lipinski definition) is 10. The highest BCUT2D eigenvalue weighted by Gasteiger charge is 2.20. The zero-order valence-corrected chi connectivity index (χ0v) is 18.5. The van der Waals surface area contributed by atoms with Gasteiger partial charge in [-0.25, -0.2) is 0 Å². The van der Waals surface area contributed by atoms with Gasteiger partial charge in [-0.2, -0.15) is 0 Å². The molecule has 2 amide bonds. The summed E-state index contributed by atoms with van der Waals surface area (Å²) in [6.07, 6.45) is 0. The van der Waals surface area contributed by atoms with E-state index in [-0.39, 0.29) is 28.0 Å². The number of para-hydroxylation sites is 1. The van der Waals surface area contributed by atoms with Crippen LogP contribution in [0.2, 0.25) is 0 Å². The van der Waals surface area contributed by atoms with Crippen molar-refractivity contribution in [3.63, 3.8) is 0 Å². The number of anilines is 2. The fraction of sp³-hybridized carbons (Fsp3) is 0.158. The molecular formula is C19H17N5O6S2. The summed E-state index contributed by atoms with van der Waals surface area (Å²) >= 11 is 2.17. The van der Waals surface area contributed by atoms with E-state index < -0.39 is 10.8 Å². The van der Waals surface area contributed by atoms with Crippen molar-refractivity contribution < 1.29 is 24.0 Å². The predicted octanol–water partition coefficient (Wildman–Crippen LogP) is 3.45. The summed E-state index contributed by atoms with van der Waals surface area (Å²) in [6, 6.07) is 10.6. The van der Waals surface area contributed by atoms with E-state index in [9.17, 15) is 19.7 Å². The molecule has 0 aliphatic heterocycles. The number of nitro benzene ring substituents is 1. The normalized spacial score (nSPS) is 10.3. The van der Waals surface area contributed by atoms with Gasteiger partial charge < -0.3 is 14.8 Å². The Balaban J connectivity index is 1.59. The fourth-order valence-corrected chi connectivity index (χ4v) is 4.08. The predicted molar refractivity (Wildman–Crippen MR) is 120 cm³/mol. The lowest BCUT2D eigenvalue weighted by Gasteiger charge is -2.11. The first-order chi connectivity index (χ1) is 15.4. The van der Waals surface area contributed by atoms with Crippen LogP contribution in [-0.2, 0) is 4.79 Å². The van der Waals surface area contributed by atoms with Crippen LogP contribution in [0.3, 0.4) is 0 Å². The number of rotatable bonds is 9. The molecule has 0 aliphatic rings. The molecule has 0 fully saturated rings. The van der Waals surface area contributed by atoms with Crippen LogP contribution in [0, 0.1) is 10.1 Å². The number of nitro groups is 1. The maximum atomic E-state index is 12.4. The summed E-state index contributed by atoms with van der Waals surface area (Å²) in [4.78, 5) is 35.1. The number of methoxy groups -OCH3 is 2. The molecule has 0 saturated carbocycles. The zero-order chi connectivity index (χ0) is 23.1. The molecule has 1 heterocycles. The van der Waals surface area contributed by atoms with E-state index in [4.69, 9.17) is 9.47 Å². The molecule has 0 radical (unpaired) electrons. The average Bonchev–Trinajstić information content (AvgIpc) is 3.24. The number of benzene rings is 2. The molecule has 3 rings (SSSR count). The Kier molecular flexibility index (Phi) is 7.57. The number of carbonyl (C=O) groups excluding carboxylic acids is 2. The molecule has 166 valence electrons. The van der Waals surface area contributed by atoms with Gasteiger partial charge >= 0.3 is 0 Å². The molecule has 0 spiro atoms. The van der Waals surface area contributed by atoms with Gasteiger partial charge in [-0.1, -0.05) is 35.2 Å². The molecule has 1 aromatic heterocycles. The van der Waals surface area contributed by atoms with E-state index in [0.717, 1.165) is 23.1 Å². The van der Waals surface area contributed by atoms with E-state index in [0.29, 0.717) is 21.5 Å². The molecule has 3 aromatic rings. The standard InChI is InChI=1S/C19H17N5O6S2/c1-29-11-7-8-15(30-2)13(9-11)20-16(25)10-31-19-23-22-18(32-19)21-17(26)12-5-3-4-6-14(12)24(27)28/h3-9H,10H2,1-2H3,(H,20,25)(H,21,22,26). The smallest absolute Gasteiger partial charge is 0.282 e. The Hall–Kier alpha value is -3.71. The summed E-state index contributed by atoms with van der Waals surface area (Å²) in [5.41, 5.74) is 0.0643. The van der Waals surface area contributed by atoms with Crippen molar-refractivity contribution in [3.8, 4) is 11.5 Å². The highest BCUT2D eigenvalue weighted by molar-refractivity contribution is 8.01. The molecule has 11 nitrogen and oxygen atoms in total. The van der Waals surface area contributed by atoms with Gasteiger partial charge in [-0.3, -0.25) is 25.0 Å². The molecular weight excluding hydrogens is 458 g/mol. The van der Waals surface area contributed by atoms with Crippen LogP contribution >= 0.6 is 23.1 Å². The van der Waals surface area contributed by atoms with Gasteiger partial charge in [0.2, 0.25) is 11.0 Å². The van der Waals surface area contributed by atoms with Crippen molar-refractivity contribution in [2.45, 2.75) is 4.34 Å². The van der Waals surface area contributed by atoms with Crippen LogP contribution in [0.15, 0.2) is 46.8 Å². The maximum Gasteiger partial charge on any atom is 0.282 e. The maximum absolute atomic E-state index is 12.4. The van der Waals surface area contributed by atoms with Crippen molar-refractivity contribution in [2.24, 2.45) is 0 Å².